The molecular formula is C29H48FN9O2. The summed E-state index contributed by atoms with van der Waals surface area (Å²) in [5.41, 5.74) is 7.47. The summed E-state index contributed by atoms with van der Waals surface area (Å²) in [5.74, 6) is 0.443. The van der Waals surface area contributed by atoms with Crippen LogP contribution in [0.5, 0.6) is 0 Å². The van der Waals surface area contributed by atoms with Gasteiger partial charge in [-0.05, 0) is 70.4 Å². The SMILES string of the molecule is C=CC(=O)N1CC(C)N(C2NC(=O)N3C4NC(C(F)CC24)N2C=C(CCCC4CCNC(C(C)C)C43)NN2)CC1C. The Labute approximate surface area is 243 Å². The number of nitrogens with zero attached hydrogens (tertiary/aromatic N) is 4. The average Bonchev–Trinajstić information content (AvgIpc) is 3.41. The fourth-order valence-corrected chi connectivity index (χ4v) is 8.38. The standard InChI is InChI=1S/C29H48FN9O2/c1-6-23(40)36-13-18(5)37(14-17(36)4)26-21-12-22(30)28-32-27(21)39(29(41)33-26)25-19(10-11-31-24(25)16(2)3)8-7-9-20-15-38(28)35-34-20/h6,15-19,21-22,24-28,31-32,34-35H,1,7-14H2,2-5H3,(H,33,41). The number of piperidine rings is 2. The first-order valence-corrected chi connectivity index (χ1v) is 15.6. The number of carbonyl (C=O) groups is 2. The second-order valence-electron chi connectivity index (χ2n) is 13.3. The van der Waals surface area contributed by atoms with Crippen molar-refractivity contribution in [2.45, 2.75) is 109 Å². The van der Waals surface area contributed by atoms with Crippen molar-refractivity contribution in [1.29, 1.82) is 0 Å². The zero-order valence-corrected chi connectivity index (χ0v) is 24.9. The molecule has 10 atom stereocenters. The van der Waals surface area contributed by atoms with Crippen molar-refractivity contribution < 1.29 is 14.0 Å². The predicted octanol–water partition coefficient (Wildman–Crippen LogP) is 1.40. The van der Waals surface area contributed by atoms with Crippen LogP contribution in [0.2, 0.25) is 0 Å². The molecule has 4 bridgehead atoms. The molecular weight excluding hydrogens is 525 g/mol. The first-order chi connectivity index (χ1) is 19.7. The zero-order chi connectivity index (χ0) is 29.0. The zero-order valence-electron chi connectivity index (χ0n) is 24.9. The Balaban J connectivity index is 1.37. The summed E-state index contributed by atoms with van der Waals surface area (Å²) in [6.07, 6.45) is 5.15. The number of amides is 3. The van der Waals surface area contributed by atoms with Gasteiger partial charge in [0.1, 0.15) is 12.3 Å². The molecule has 10 unspecified atom stereocenters. The summed E-state index contributed by atoms with van der Waals surface area (Å²) in [7, 11) is 0. The molecule has 3 amide bonds. The van der Waals surface area contributed by atoms with Crippen molar-refractivity contribution in [1.82, 2.24) is 46.6 Å². The third-order valence-corrected chi connectivity index (χ3v) is 10.4. The smallest absolute Gasteiger partial charge is 0.320 e. The minimum absolute atomic E-state index is 0.00176. The van der Waals surface area contributed by atoms with Gasteiger partial charge in [0, 0.05) is 49.0 Å². The molecule has 41 heavy (non-hydrogen) atoms. The van der Waals surface area contributed by atoms with Gasteiger partial charge in [-0.15, -0.1) is 5.53 Å². The Morgan fingerprint density at radius 2 is 1.95 bits per heavy atom. The molecule has 228 valence electrons. The molecule has 6 heterocycles. The molecule has 6 aliphatic rings. The topological polar surface area (TPSA) is 107 Å². The summed E-state index contributed by atoms with van der Waals surface area (Å²) in [6.45, 7) is 14.3. The van der Waals surface area contributed by atoms with E-state index in [4.69, 9.17) is 0 Å². The lowest BCUT2D eigenvalue weighted by Crippen LogP contribution is -2.80. The molecule has 0 aromatic heterocycles. The molecule has 6 rings (SSSR count). The second kappa shape index (κ2) is 11.3. The van der Waals surface area contributed by atoms with E-state index in [1.165, 1.54) is 6.08 Å². The molecule has 0 saturated carbocycles. The van der Waals surface area contributed by atoms with Gasteiger partial charge in [0.05, 0.1) is 18.4 Å². The van der Waals surface area contributed by atoms with Crippen LogP contribution in [0.25, 0.3) is 0 Å². The number of urea groups is 1. The van der Waals surface area contributed by atoms with Gasteiger partial charge in [0.15, 0.2) is 0 Å². The molecule has 0 aliphatic carbocycles. The Morgan fingerprint density at radius 3 is 2.71 bits per heavy atom. The highest BCUT2D eigenvalue weighted by molar-refractivity contribution is 5.87. The molecule has 0 radical (unpaired) electrons. The molecule has 4 saturated heterocycles. The van der Waals surface area contributed by atoms with Crippen molar-refractivity contribution in [2.24, 2.45) is 17.8 Å². The highest BCUT2D eigenvalue weighted by Gasteiger charge is 2.56. The summed E-state index contributed by atoms with van der Waals surface area (Å²) in [5, 5.41) is 12.6. The lowest BCUT2D eigenvalue weighted by molar-refractivity contribution is -0.137. The number of hydrogen-bond donors (Lipinski definition) is 5. The lowest BCUT2D eigenvalue weighted by atomic mass is 9.76. The number of rotatable bonds is 3. The van der Waals surface area contributed by atoms with Crippen LogP contribution < -0.4 is 26.9 Å². The number of nitrogens with one attached hydrogen (secondary N) is 5. The molecule has 0 aromatic rings. The molecule has 12 heteroatoms. The molecule has 4 fully saturated rings. The number of halogens is 1. The van der Waals surface area contributed by atoms with Crippen molar-refractivity contribution in [3.05, 3.63) is 24.6 Å². The Morgan fingerprint density at radius 1 is 1.15 bits per heavy atom. The van der Waals surface area contributed by atoms with E-state index in [-0.39, 0.29) is 54.4 Å². The van der Waals surface area contributed by atoms with Gasteiger partial charge >= 0.3 is 6.03 Å². The third-order valence-electron chi connectivity index (χ3n) is 10.4. The van der Waals surface area contributed by atoms with Gasteiger partial charge in [-0.1, -0.05) is 20.4 Å². The van der Waals surface area contributed by atoms with E-state index < -0.39 is 12.3 Å². The normalized spacial score (nSPS) is 41.5. The predicted molar refractivity (Wildman–Crippen MR) is 154 cm³/mol. The minimum Gasteiger partial charge on any atom is -0.334 e. The van der Waals surface area contributed by atoms with Crippen molar-refractivity contribution >= 4 is 11.9 Å². The minimum atomic E-state index is -1.15. The number of piperazine rings is 1. The highest BCUT2D eigenvalue weighted by Crippen LogP contribution is 2.40. The van der Waals surface area contributed by atoms with E-state index in [1.807, 2.05) is 18.0 Å². The quantitative estimate of drug-likeness (QED) is 0.323. The first-order valence-electron chi connectivity index (χ1n) is 15.6. The summed E-state index contributed by atoms with van der Waals surface area (Å²) < 4.78 is 16.2. The van der Waals surface area contributed by atoms with Gasteiger partial charge < -0.3 is 25.9 Å². The Kier molecular flexibility index (Phi) is 7.94. The van der Waals surface area contributed by atoms with Crippen LogP contribution in [0.1, 0.15) is 59.8 Å². The van der Waals surface area contributed by atoms with Crippen LogP contribution in [-0.4, -0.2) is 100 Å². The van der Waals surface area contributed by atoms with Gasteiger partial charge in [0.25, 0.3) is 0 Å². The van der Waals surface area contributed by atoms with Crippen molar-refractivity contribution in [2.75, 3.05) is 19.6 Å². The summed E-state index contributed by atoms with van der Waals surface area (Å²) in [4.78, 5) is 33.0. The Bertz CT molecular complexity index is 1060. The van der Waals surface area contributed by atoms with E-state index in [2.05, 4.69) is 64.1 Å². The van der Waals surface area contributed by atoms with Gasteiger partial charge in [-0.2, -0.15) is 0 Å². The molecule has 0 spiro atoms. The van der Waals surface area contributed by atoms with Crippen LogP contribution in [-0.2, 0) is 4.79 Å². The summed E-state index contributed by atoms with van der Waals surface area (Å²) >= 11 is 0. The Hall–Kier alpha value is -2.41. The number of hydrogen-bond acceptors (Lipinski definition) is 8. The van der Waals surface area contributed by atoms with Crippen LogP contribution >= 0.6 is 0 Å². The lowest BCUT2D eigenvalue weighted by Gasteiger charge is -2.60. The van der Waals surface area contributed by atoms with E-state index in [1.54, 1.807) is 5.01 Å². The van der Waals surface area contributed by atoms with E-state index in [0.717, 1.165) is 37.9 Å². The van der Waals surface area contributed by atoms with Gasteiger partial charge in [-0.3, -0.25) is 20.0 Å². The first kappa shape index (κ1) is 28.7. The monoisotopic (exact) mass is 573 g/mol. The number of hydrazine groups is 2. The fourth-order valence-electron chi connectivity index (χ4n) is 8.38. The van der Waals surface area contributed by atoms with Gasteiger partial charge in [0.2, 0.25) is 5.91 Å². The van der Waals surface area contributed by atoms with Crippen LogP contribution in [0, 0.1) is 17.8 Å². The van der Waals surface area contributed by atoms with E-state index >= 15 is 4.39 Å². The summed E-state index contributed by atoms with van der Waals surface area (Å²) in [6, 6.07) is 0.0183. The maximum absolute atomic E-state index is 16.2. The maximum Gasteiger partial charge on any atom is 0.320 e. The van der Waals surface area contributed by atoms with Gasteiger partial charge in [-0.25, -0.2) is 9.18 Å². The fraction of sp³-hybridized carbons (Fsp3) is 0.793. The van der Waals surface area contributed by atoms with Crippen LogP contribution in [0.15, 0.2) is 24.6 Å². The molecule has 11 nitrogen and oxygen atoms in total. The largest absolute Gasteiger partial charge is 0.334 e. The van der Waals surface area contributed by atoms with Crippen molar-refractivity contribution in [3.8, 4) is 0 Å². The second-order valence-corrected chi connectivity index (χ2v) is 13.3. The van der Waals surface area contributed by atoms with E-state index in [0.29, 0.717) is 31.3 Å². The molecule has 5 N–H and O–H groups in total. The maximum atomic E-state index is 16.2. The number of allylic oxidation sites excluding steroid dienone is 1. The number of carbonyl (C=O) groups excluding carboxylic acids is 2. The number of fused-ring (bicyclic) bond motifs is 5. The number of alkyl halides is 1. The van der Waals surface area contributed by atoms with E-state index in [9.17, 15) is 9.59 Å². The average molecular weight is 574 g/mol. The molecule has 0 aromatic carbocycles. The van der Waals surface area contributed by atoms with Crippen LogP contribution in [0.3, 0.4) is 0 Å². The van der Waals surface area contributed by atoms with Crippen LogP contribution in [0.4, 0.5) is 9.18 Å². The van der Waals surface area contributed by atoms with Crippen molar-refractivity contribution in [3.63, 3.8) is 0 Å². The molecule has 6 aliphatic heterocycles. The third kappa shape index (κ3) is 5.10. The highest BCUT2D eigenvalue weighted by atomic mass is 19.1.